The molecule has 0 unspecified atom stereocenters. The van der Waals surface area contributed by atoms with Crippen molar-refractivity contribution >= 4 is 9.76 Å². The zero-order valence-corrected chi connectivity index (χ0v) is 10.2. The van der Waals surface area contributed by atoms with Crippen molar-refractivity contribution in [2.24, 2.45) is 5.92 Å². The second kappa shape index (κ2) is 3.58. The summed E-state index contributed by atoms with van der Waals surface area (Å²) in [5.74, 6) is 1.01. The SMILES string of the molecule is CC=C(C)[SiH2]OC12CCC(CC1)C2. The molecule has 0 spiro atoms. The van der Waals surface area contributed by atoms with E-state index in [4.69, 9.17) is 4.43 Å². The van der Waals surface area contributed by atoms with Crippen LogP contribution < -0.4 is 0 Å². The van der Waals surface area contributed by atoms with Gasteiger partial charge in [0.25, 0.3) is 0 Å². The van der Waals surface area contributed by atoms with Gasteiger partial charge in [-0.15, -0.1) is 0 Å². The van der Waals surface area contributed by atoms with E-state index in [-0.39, 0.29) is 9.76 Å². The molecule has 13 heavy (non-hydrogen) atoms. The van der Waals surface area contributed by atoms with Gasteiger partial charge in [-0.25, -0.2) is 0 Å². The molecule has 0 aromatic heterocycles. The van der Waals surface area contributed by atoms with Gasteiger partial charge < -0.3 is 4.43 Å². The van der Waals surface area contributed by atoms with Crippen molar-refractivity contribution in [1.29, 1.82) is 0 Å². The topological polar surface area (TPSA) is 9.23 Å². The first-order chi connectivity index (χ1) is 6.24. The highest BCUT2D eigenvalue weighted by atomic mass is 28.2. The molecule has 2 rings (SSSR count). The Balaban J connectivity index is 1.87. The third-order valence-electron chi connectivity index (χ3n) is 3.78. The molecule has 2 saturated carbocycles. The van der Waals surface area contributed by atoms with Gasteiger partial charge in [-0.2, -0.15) is 0 Å². The van der Waals surface area contributed by atoms with Crippen molar-refractivity contribution in [3.8, 4) is 0 Å². The molecular formula is C11H20OSi. The Bertz CT molecular complexity index is 214. The summed E-state index contributed by atoms with van der Waals surface area (Å²) >= 11 is 0. The molecule has 0 aromatic rings. The normalized spacial score (nSPS) is 39.5. The number of hydrogen-bond donors (Lipinski definition) is 0. The molecule has 0 saturated heterocycles. The molecule has 2 heteroatoms. The first-order valence-corrected chi connectivity index (χ1v) is 6.78. The van der Waals surface area contributed by atoms with Gasteiger partial charge in [0.2, 0.25) is 0 Å². The molecule has 2 fully saturated rings. The molecule has 0 radical (unpaired) electrons. The fourth-order valence-electron chi connectivity index (χ4n) is 2.69. The van der Waals surface area contributed by atoms with Crippen LogP contribution in [0.4, 0.5) is 0 Å². The highest BCUT2D eigenvalue weighted by Crippen LogP contribution is 2.49. The van der Waals surface area contributed by atoms with Crippen LogP contribution in [-0.4, -0.2) is 15.4 Å². The molecule has 0 atom stereocenters. The zero-order chi connectivity index (χ0) is 9.31. The van der Waals surface area contributed by atoms with Crippen molar-refractivity contribution < 1.29 is 4.43 Å². The molecule has 2 aliphatic carbocycles. The summed E-state index contributed by atoms with van der Waals surface area (Å²) in [6, 6.07) is 0. The van der Waals surface area contributed by atoms with Crippen LogP contribution >= 0.6 is 0 Å². The summed E-state index contributed by atoms with van der Waals surface area (Å²) in [5.41, 5.74) is 0.362. The van der Waals surface area contributed by atoms with Crippen molar-refractivity contribution in [2.75, 3.05) is 0 Å². The maximum Gasteiger partial charge on any atom is 0.188 e. The van der Waals surface area contributed by atoms with Gasteiger partial charge in [-0.05, 0) is 51.9 Å². The van der Waals surface area contributed by atoms with Crippen molar-refractivity contribution in [1.82, 2.24) is 0 Å². The largest absolute Gasteiger partial charge is 0.413 e. The Morgan fingerprint density at radius 3 is 2.62 bits per heavy atom. The summed E-state index contributed by atoms with van der Waals surface area (Å²) in [6.07, 6.45) is 9.15. The van der Waals surface area contributed by atoms with Crippen molar-refractivity contribution in [2.45, 2.75) is 51.6 Å². The highest BCUT2D eigenvalue weighted by Gasteiger charge is 2.45. The number of fused-ring (bicyclic) bond motifs is 2. The van der Waals surface area contributed by atoms with Crippen molar-refractivity contribution in [3.63, 3.8) is 0 Å². The van der Waals surface area contributed by atoms with E-state index in [1.807, 2.05) is 0 Å². The summed E-state index contributed by atoms with van der Waals surface area (Å²) in [5, 5.41) is 1.50. The molecule has 1 nitrogen and oxygen atoms in total. The second-order valence-electron chi connectivity index (χ2n) is 4.75. The third-order valence-corrected chi connectivity index (χ3v) is 5.40. The van der Waals surface area contributed by atoms with Crippen LogP contribution in [0.1, 0.15) is 46.0 Å². The van der Waals surface area contributed by atoms with Crippen LogP contribution in [0.3, 0.4) is 0 Å². The van der Waals surface area contributed by atoms with E-state index in [9.17, 15) is 0 Å². The van der Waals surface area contributed by atoms with E-state index in [1.165, 1.54) is 37.3 Å². The quantitative estimate of drug-likeness (QED) is 0.630. The van der Waals surface area contributed by atoms with Gasteiger partial charge in [0, 0.05) is 0 Å². The first kappa shape index (κ1) is 9.47. The van der Waals surface area contributed by atoms with Gasteiger partial charge in [0.15, 0.2) is 9.76 Å². The Kier molecular flexibility index (Phi) is 2.61. The van der Waals surface area contributed by atoms with Gasteiger partial charge in [0.05, 0.1) is 5.60 Å². The summed E-state index contributed by atoms with van der Waals surface area (Å²) in [7, 11) is -0.374. The lowest BCUT2D eigenvalue weighted by molar-refractivity contribution is 0.0871. The van der Waals surface area contributed by atoms with Crippen molar-refractivity contribution in [3.05, 3.63) is 11.3 Å². The number of hydrogen-bond acceptors (Lipinski definition) is 1. The fraction of sp³-hybridized carbons (Fsp3) is 0.818. The fourth-order valence-corrected chi connectivity index (χ4v) is 3.80. The maximum absolute atomic E-state index is 6.20. The van der Waals surface area contributed by atoms with Gasteiger partial charge in [-0.1, -0.05) is 11.3 Å². The van der Waals surface area contributed by atoms with E-state index < -0.39 is 0 Å². The number of rotatable bonds is 3. The molecule has 0 aromatic carbocycles. The average molecular weight is 196 g/mol. The maximum atomic E-state index is 6.20. The predicted octanol–water partition coefficient (Wildman–Crippen LogP) is 2.34. The van der Waals surface area contributed by atoms with Crippen LogP contribution in [0.2, 0.25) is 0 Å². The smallest absolute Gasteiger partial charge is 0.188 e. The monoisotopic (exact) mass is 196 g/mol. The van der Waals surface area contributed by atoms with Crippen LogP contribution in [0, 0.1) is 5.92 Å². The third kappa shape index (κ3) is 1.89. The standard InChI is InChI=1S/C11H20OSi/c1-3-9(2)13-12-11-6-4-10(8-11)5-7-11/h3,10H,4-8,13H2,1-2H3. The van der Waals surface area contributed by atoms with Gasteiger partial charge in [-0.3, -0.25) is 0 Å². The zero-order valence-electron chi connectivity index (χ0n) is 8.81. The van der Waals surface area contributed by atoms with E-state index in [1.54, 1.807) is 0 Å². The Morgan fingerprint density at radius 2 is 2.15 bits per heavy atom. The lowest BCUT2D eigenvalue weighted by atomic mass is 9.98. The Morgan fingerprint density at radius 1 is 1.46 bits per heavy atom. The minimum atomic E-state index is -0.374. The summed E-state index contributed by atoms with van der Waals surface area (Å²) in [4.78, 5) is 0. The number of allylic oxidation sites excluding steroid dienone is 2. The second-order valence-corrected chi connectivity index (χ2v) is 6.45. The van der Waals surface area contributed by atoms with Crippen LogP contribution in [0.25, 0.3) is 0 Å². The van der Waals surface area contributed by atoms with Gasteiger partial charge in [0.1, 0.15) is 0 Å². The van der Waals surface area contributed by atoms with E-state index in [0.29, 0.717) is 5.60 Å². The summed E-state index contributed by atoms with van der Waals surface area (Å²) < 4.78 is 6.20. The van der Waals surface area contributed by atoms with Crippen LogP contribution in [0.15, 0.2) is 11.3 Å². The molecule has 74 valence electrons. The molecule has 0 N–H and O–H groups in total. The molecule has 0 heterocycles. The Labute approximate surface area is 83.5 Å². The predicted molar refractivity (Wildman–Crippen MR) is 58.4 cm³/mol. The van der Waals surface area contributed by atoms with E-state index in [2.05, 4.69) is 19.9 Å². The average Bonchev–Trinajstić information content (AvgIpc) is 2.74. The highest BCUT2D eigenvalue weighted by molar-refractivity contribution is 6.37. The molecule has 0 aliphatic heterocycles. The molecular weight excluding hydrogens is 176 g/mol. The first-order valence-electron chi connectivity index (χ1n) is 5.50. The molecule has 2 bridgehead atoms. The van der Waals surface area contributed by atoms with Crippen LogP contribution in [-0.2, 0) is 4.43 Å². The molecule has 2 aliphatic rings. The van der Waals surface area contributed by atoms with E-state index >= 15 is 0 Å². The molecule has 0 amide bonds. The van der Waals surface area contributed by atoms with Crippen LogP contribution in [0.5, 0.6) is 0 Å². The summed E-state index contributed by atoms with van der Waals surface area (Å²) in [6.45, 7) is 4.33. The lowest BCUT2D eigenvalue weighted by Crippen LogP contribution is -2.28. The minimum absolute atomic E-state index is 0.362. The van der Waals surface area contributed by atoms with E-state index in [0.717, 1.165) is 5.92 Å². The lowest BCUT2D eigenvalue weighted by Gasteiger charge is -2.27. The van der Waals surface area contributed by atoms with Gasteiger partial charge >= 0.3 is 0 Å². The minimum Gasteiger partial charge on any atom is -0.413 e. The Hall–Kier alpha value is -0.0831.